The number of hydrogen-bond donors (Lipinski definition) is 1. The highest BCUT2D eigenvalue weighted by molar-refractivity contribution is 8.26. The summed E-state index contributed by atoms with van der Waals surface area (Å²) in [6, 6.07) is 12.7. The number of amides is 1. The summed E-state index contributed by atoms with van der Waals surface area (Å²) < 4.78 is 17.1. The fraction of sp³-hybridized carbons (Fsp3) is 0.200. The highest BCUT2D eigenvalue weighted by atomic mass is 35.5. The van der Waals surface area contributed by atoms with Gasteiger partial charge in [-0.05, 0) is 48.5 Å². The molecule has 1 aliphatic heterocycles. The van der Waals surface area contributed by atoms with Crippen LogP contribution in [0.3, 0.4) is 0 Å². The van der Waals surface area contributed by atoms with Crippen LogP contribution in [-0.2, 0) is 4.79 Å². The van der Waals surface area contributed by atoms with Gasteiger partial charge in [0.1, 0.15) is 21.6 Å². The van der Waals surface area contributed by atoms with Gasteiger partial charge in [-0.3, -0.25) is 4.79 Å². The number of rotatable bonds is 8. The van der Waals surface area contributed by atoms with Crippen LogP contribution in [0.15, 0.2) is 47.4 Å². The standard InChI is InChI=1S/C20H18ClNO4S2/c1-24-15-4-6-16(7-5-15)25-9-2-10-26-17-8-3-14(21)11-13(17)12-18-19(23)22-20(27)28-18/h3-8,11-12H,2,9-10H2,1H3,(H,22,23,27). The molecule has 0 unspecified atom stereocenters. The van der Waals surface area contributed by atoms with E-state index in [1.807, 2.05) is 24.3 Å². The summed E-state index contributed by atoms with van der Waals surface area (Å²) in [5.74, 6) is 1.99. The number of hydrogen-bond acceptors (Lipinski definition) is 6. The maximum Gasteiger partial charge on any atom is 0.263 e. The quantitative estimate of drug-likeness (QED) is 0.369. The first-order valence-electron chi connectivity index (χ1n) is 8.49. The molecule has 5 nitrogen and oxygen atoms in total. The van der Waals surface area contributed by atoms with Crippen molar-refractivity contribution in [1.29, 1.82) is 0 Å². The number of ether oxygens (including phenoxy) is 3. The first-order valence-corrected chi connectivity index (χ1v) is 10.1. The molecule has 8 heteroatoms. The Labute approximate surface area is 178 Å². The van der Waals surface area contributed by atoms with Crippen LogP contribution in [0.4, 0.5) is 0 Å². The molecule has 0 bridgehead atoms. The van der Waals surface area contributed by atoms with Gasteiger partial charge in [-0.15, -0.1) is 0 Å². The average molecular weight is 436 g/mol. The lowest BCUT2D eigenvalue weighted by atomic mass is 10.2. The average Bonchev–Trinajstić information content (AvgIpc) is 3.00. The zero-order valence-corrected chi connectivity index (χ0v) is 17.5. The summed E-state index contributed by atoms with van der Waals surface area (Å²) >= 11 is 12.3. The van der Waals surface area contributed by atoms with E-state index in [1.165, 1.54) is 11.8 Å². The molecule has 3 rings (SSSR count). The van der Waals surface area contributed by atoms with E-state index in [-0.39, 0.29) is 5.91 Å². The monoisotopic (exact) mass is 435 g/mol. The molecule has 1 heterocycles. The zero-order chi connectivity index (χ0) is 19.9. The van der Waals surface area contributed by atoms with Gasteiger partial charge in [-0.1, -0.05) is 35.6 Å². The van der Waals surface area contributed by atoms with Crippen LogP contribution >= 0.6 is 35.6 Å². The molecule has 146 valence electrons. The van der Waals surface area contributed by atoms with Gasteiger partial charge in [0, 0.05) is 17.0 Å². The van der Waals surface area contributed by atoms with Gasteiger partial charge >= 0.3 is 0 Å². The van der Waals surface area contributed by atoms with Crippen molar-refractivity contribution in [3.8, 4) is 17.2 Å². The third-order valence-electron chi connectivity index (χ3n) is 3.77. The molecular weight excluding hydrogens is 418 g/mol. The summed E-state index contributed by atoms with van der Waals surface area (Å²) in [4.78, 5) is 12.4. The second-order valence-corrected chi connectivity index (χ2v) is 7.92. The van der Waals surface area contributed by atoms with Crippen molar-refractivity contribution in [3.63, 3.8) is 0 Å². The van der Waals surface area contributed by atoms with Crippen LogP contribution in [0.1, 0.15) is 12.0 Å². The van der Waals surface area contributed by atoms with Gasteiger partial charge < -0.3 is 19.5 Å². The first kappa shape index (κ1) is 20.5. The van der Waals surface area contributed by atoms with E-state index in [0.29, 0.717) is 39.6 Å². The molecule has 0 saturated carbocycles. The third-order valence-corrected chi connectivity index (χ3v) is 5.17. The number of thiocarbonyl (C=S) groups is 1. The smallest absolute Gasteiger partial charge is 0.263 e. The lowest BCUT2D eigenvalue weighted by Gasteiger charge is -2.11. The first-order chi connectivity index (χ1) is 13.5. The van der Waals surface area contributed by atoms with Crippen LogP contribution in [0.25, 0.3) is 6.08 Å². The molecule has 2 aromatic rings. The van der Waals surface area contributed by atoms with Gasteiger partial charge in [-0.2, -0.15) is 0 Å². The molecule has 0 spiro atoms. The minimum Gasteiger partial charge on any atom is -0.497 e. The fourth-order valence-electron chi connectivity index (χ4n) is 2.43. The summed E-state index contributed by atoms with van der Waals surface area (Å²) in [5.41, 5.74) is 0.728. The van der Waals surface area contributed by atoms with Crippen molar-refractivity contribution in [2.24, 2.45) is 0 Å². The Balaban J connectivity index is 1.55. The van der Waals surface area contributed by atoms with Gasteiger partial charge in [0.05, 0.1) is 25.2 Å². The topological polar surface area (TPSA) is 56.8 Å². The van der Waals surface area contributed by atoms with Crippen molar-refractivity contribution < 1.29 is 19.0 Å². The predicted octanol–water partition coefficient (Wildman–Crippen LogP) is 4.69. The number of thioether (sulfide) groups is 1. The van der Waals surface area contributed by atoms with E-state index < -0.39 is 0 Å². The highest BCUT2D eigenvalue weighted by Crippen LogP contribution is 2.31. The Morgan fingerprint density at radius 3 is 2.50 bits per heavy atom. The number of carbonyl (C=O) groups is 1. The predicted molar refractivity (Wildman–Crippen MR) is 116 cm³/mol. The highest BCUT2D eigenvalue weighted by Gasteiger charge is 2.22. The van der Waals surface area contributed by atoms with E-state index >= 15 is 0 Å². The Kier molecular flexibility index (Phi) is 7.19. The van der Waals surface area contributed by atoms with Crippen molar-refractivity contribution >= 4 is 51.9 Å². The molecule has 2 aromatic carbocycles. The molecule has 0 aliphatic carbocycles. The van der Waals surface area contributed by atoms with Crippen molar-refractivity contribution in [1.82, 2.24) is 5.32 Å². The summed E-state index contributed by atoms with van der Waals surface area (Å²) in [7, 11) is 1.63. The second-order valence-electron chi connectivity index (χ2n) is 5.76. The largest absolute Gasteiger partial charge is 0.497 e. The second kappa shape index (κ2) is 9.82. The van der Waals surface area contributed by atoms with Crippen molar-refractivity contribution in [3.05, 3.63) is 58.0 Å². The Hall–Kier alpha value is -2.22. The van der Waals surface area contributed by atoms with Crippen LogP contribution in [0.2, 0.25) is 5.02 Å². The molecule has 0 aromatic heterocycles. The summed E-state index contributed by atoms with van der Waals surface area (Å²) in [6.45, 7) is 0.981. The molecule has 1 saturated heterocycles. The molecule has 1 N–H and O–H groups in total. The molecular formula is C20H18ClNO4S2. The van der Waals surface area contributed by atoms with Gasteiger partial charge in [0.25, 0.3) is 5.91 Å². The Bertz CT molecular complexity index is 900. The van der Waals surface area contributed by atoms with E-state index in [0.717, 1.165) is 17.1 Å². The molecule has 0 atom stereocenters. The molecule has 1 fully saturated rings. The van der Waals surface area contributed by atoms with Gasteiger partial charge in [0.2, 0.25) is 0 Å². The summed E-state index contributed by atoms with van der Waals surface area (Å²) in [5, 5.41) is 3.16. The lowest BCUT2D eigenvalue weighted by Crippen LogP contribution is -2.17. The summed E-state index contributed by atoms with van der Waals surface area (Å²) in [6.07, 6.45) is 2.43. The molecule has 1 aliphatic rings. The van der Waals surface area contributed by atoms with Crippen LogP contribution in [-0.4, -0.2) is 30.6 Å². The number of nitrogens with one attached hydrogen (secondary N) is 1. The van der Waals surface area contributed by atoms with E-state index in [9.17, 15) is 4.79 Å². The normalized spacial score (nSPS) is 14.9. The van der Waals surface area contributed by atoms with Crippen molar-refractivity contribution in [2.75, 3.05) is 20.3 Å². The molecule has 0 radical (unpaired) electrons. The molecule has 28 heavy (non-hydrogen) atoms. The minimum atomic E-state index is -0.214. The fourth-order valence-corrected chi connectivity index (χ4v) is 3.64. The van der Waals surface area contributed by atoms with E-state index in [1.54, 1.807) is 31.4 Å². The number of carbonyl (C=O) groups excluding carboxylic acids is 1. The Morgan fingerprint density at radius 1 is 1.11 bits per heavy atom. The van der Waals surface area contributed by atoms with Crippen molar-refractivity contribution in [2.45, 2.75) is 6.42 Å². The van der Waals surface area contributed by atoms with Gasteiger partial charge in [-0.25, -0.2) is 0 Å². The van der Waals surface area contributed by atoms with E-state index in [4.69, 9.17) is 38.0 Å². The maximum absolute atomic E-state index is 11.9. The number of halogens is 1. The van der Waals surface area contributed by atoms with Crippen LogP contribution in [0.5, 0.6) is 17.2 Å². The Morgan fingerprint density at radius 2 is 1.82 bits per heavy atom. The SMILES string of the molecule is COc1ccc(OCCCOc2ccc(Cl)cc2C=C2SC(=S)NC2=O)cc1. The van der Waals surface area contributed by atoms with E-state index in [2.05, 4.69) is 5.32 Å². The number of methoxy groups -OCH3 is 1. The van der Waals surface area contributed by atoms with Crippen LogP contribution < -0.4 is 19.5 Å². The minimum absolute atomic E-state index is 0.214. The molecule has 1 amide bonds. The lowest BCUT2D eigenvalue weighted by molar-refractivity contribution is -0.115. The van der Waals surface area contributed by atoms with Crippen LogP contribution in [0, 0.1) is 0 Å². The third kappa shape index (κ3) is 5.64. The zero-order valence-electron chi connectivity index (χ0n) is 15.1. The van der Waals surface area contributed by atoms with Gasteiger partial charge in [0.15, 0.2) is 0 Å². The maximum atomic E-state index is 11.9. The number of benzene rings is 2.